The molecular formula is C17H25Cl2N3. The second kappa shape index (κ2) is 9.37. The Kier molecular flexibility index (Phi) is 8.20. The summed E-state index contributed by atoms with van der Waals surface area (Å²) in [5.41, 5.74) is 2.14. The van der Waals surface area contributed by atoms with E-state index in [2.05, 4.69) is 28.4 Å². The van der Waals surface area contributed by atoms with Crippen molar-refractivity contribution in [3.05, 3.63) is 35.4 Å². The van der Waals surface area contributed by atoms with Gasteiger partial charge in [0.1, 0.15) is 0 Å². The highest BCUT2D eigenvalue weighted by molar-refractivity contribution is 5.85. The fourth-order valence-electron chi connectivity index (χ4n) is 3.81. The van der Waals surface area contributed by atoms with Crippen LogP contribution in [0.2, 0.25) is 0 Å². The van der Waals surface area contributed by atoms with E-state index in [0.717, 1.165) is 37.7 Å². The Morgan fingerprint density at radius 3 is 2.45 bits per heavy atom. The average molecular weight is 342 g/mol. The maximum atomic E-state index is 9.15. The standard InChI is InChI=1S/C17H23N3.2ClH/c18-13-14-4-3-7-16(12-14)17(15-5-1-2-6-15)20-10-8-19-9-11-20;;/h3-4,7,12,15,17,19H,1-2,5-6,8-11H2;2*1H/t17-;;/m1../s1. The molecule has 1 atom stereocenters. The van der Waals surface area contributed by atoms with Crippen molar-refractivity contribution in [3.63, 3.8) is 0 Å². The number of piperazine rings is 1. The van der Waals surface area contributed by atoms with E-state index in [-0.39, 0.29) is 24.8 Å². The topological polar surface area (TPSA) is 39.1 Å². The molecule has 5 heteroatoms. The zero-order valence-corrected chi connectivity index (χ0v) is 14.5. The number of benzene rings is 1. The van der Waals surface area contributed by atoms with Crippen LogP contribution in [-0.4, -0.2) is 31.1 Å². The van der Waals surface area contributed by atoms with Crippen molar-refractivity contribution in [2.45, 2.75) is 31.7 Å². The first kappa shape index (κ1) is 19.3. The minimum absolute atomic E-state index is 0. The monoisotopic (exact) mass is 341 g/mol. The lowest BCUT2D eigenvalue weighted by Gasteiger charge is -2.38. The summed E-state index contributed by atoms with van der Waals surface area (Å²) in [5, 5.41) is 12.6. The molecule has 3 rings (SSSR count). The molecule has 122 valence electrons. The lowest BCUT2D eigenvalue weighted by molar-refractivity contribution is 0.125. The third-order valence-corrected chi connectivity index (χ3v) is 4.75. The van der Waals surface area contributed by atoms with Gasteiger partial charge in [-0.2, -0.15) is 5.26 Å². The van der Waals surface area contributed by atoms with Crippen LogP contribution in [0.5, 0.6) is 0 Å². The SMILES string of the molecule is Cl.Cl.N#Cc1cccc([C@@H](C2CCCC2)N2CCNCC2)c1. The third-order valence-electron chi connectivity index (χ3n) is 4.75. The molecule has 0 amide bonds. The Balaban J connectivity index is 0.00000121. The van der Waals surface area contributed by atoms with Gasteiger partial charge in [-0.25, -0.2) is 0 Å². The zero-order chi connectivity index (χ0) is 13.8. The van der Waals surface area contributed by atoms with Crippen LogP contribution in [0.4, 0.5) is 0 Å². The molecule has 0 aromatic heterocycles. The molecule has 1 aliphatic heterocycles. The lowest BCUT2D eigenvalue weighted by Crippen LogP contribution is -2.46. The van der Waals surface area contributed by atoms with Crippen LogP contribution < -0.4 is 5.32 Å². The lowest BCUT2D eigenvalue weighted by atomic mass is 9.89. The molecule has 0 radical (unpaired) electrons. The molecule has 3 nitrogen and oxygen atoms in total. The van der Waals surface area contributed by atoms with Gasteiger partial charge in [0.25, 0.3) is 0 Å². The minimum Gasteiger partial charge on any atom is -0.314 e. The Hall–Kier alpha value is -0.790. The third kappa shape index (κ3) is 4.36. The number of nitrogens with zero attached hydrogens (tertiary/aromatic N) is 2. The summed E-state index contributed by atoms with van der Waals surface area (Å²) in [6.07, 6.45) is 5.41. The van der Waals surface area contributed by atoms with Gasteiger partial charge < -0.3 is 5.32 Å². The molecule has 0 bridgehead atoms. The summed E-state index contributed by atoms with van der Waals surface area (Å²) in [6.45, 7) is 4.41. The van der Waals surface area contributed by atoms with Crippen molar-refractivity contribution in [1.29, 1.82) is 5.26 Å². The fraction of sp³-hybridized carbons (Fsp3) is 0.588. The molecule has 2 aliphatic rings. The predicted molar refractivity (Wildman–Crippen MR) is 94.8 cm³/mol. The highest BCUT2D eigenvalue weighted by Crippen LogP contribution is 2.39. The smallest absolute Gasteiger partial charge is 0.0991 e. The molecule has 1 N–H and O–H groups in total. The van der Waals surface area contributed by atoms with E-state index in [4.69, 9.17) is 5.26 Å². The van der Waals surface area contributed by atoms with E-state index >= 15 is 0 Å². The van der Waals surface area contributed by atoms with Crippen LogP contribution in [0.3, 0.4) is 0 Å². The van der Waals surface area contributed by atoms with Gasteiger partial charge in [-0.1, -0.05) is 25.0 Å². The number of halogens is 2. The minimum atomic E-state index is 0. The first-order valence-corrected chi connectivity index (χ1v) is 7.83. The van der Waals surface area contributed by atoms with Gasteiger partial charge in [-0.05, 0) is 36.5 Å². The van der Waals surface area contributed by atoms with Crippen LogP contribution in [0.25, 0.3) is 0 Å². The van der Waals surface area contributed by atoms with E-state index < -0.39 is 0 Å². The van der Waals surface area contributed by atoms with E-state index in [1.807, 2.05) is 12.1 Å². The largest absolute Gasteiger partial charge is 0.314 e. The molecule has 0 spiro atoms. The number of hydrogen-bond donors (Lipinski definition) is 1. The second-order valence-corrected chi connectivity index (χ2v) is 6.01. The Morgan fingerprint density at radius 1 is 1.14 bits per heavy atom. The van der Waals surface area contributed by atoms with Crippen molar-refractivity contribution < 1.29 is 0 Å². The molecule has 1 saturated heterocycles. The second-order valence-electron chi connectivity index (χ2n) is 6.01. The summed E-state index contributed by atoms with van der Waals surface area (Å²) in [4.78, 5) is 2.63. The molecule has 22 heavy (non-hydrogen) atoms. The van der Waals surface area contributed by atoms with Gasteiger partial charge >= 0.3 is 0 Å². The summed E-state index contributed by atoms with van der Waals surface area (Å²) in [7, 11) is 0. The van der Waals surface area contributed by atoms with Gasteiger partial charge in [0.15, 0.2) is 0 Å². The maximum Gasteiger partial charge on any atom is 0.0991 e. The number of rotatable bonds is 3. The molecule has 1 aromatic rings. The zero-order valence-electron chi connectivity index (χ0n) is 12.8. The highest BCUT2D eigenvalue weighted by Gasteiger charge is 2.31. The Morgan fingerprint density at radius 2 is 1.82 bits per heavy atom. The quantitative estimate of drug-likeness (QED) is 0.913. The Bertz CT molecular complexity index is 489. The van der Waals surface area contributed by atoms with E-state index in [1.54, 1.807) is 0 Å². The van der Waals surface area contributed by atoms with Gasteiger partial charge in [-0.15, -0.1) is 24.8 Å². The van der Waals surface area contributed by atoms with Crippen molar-refractivity contribution in [1.82, 2.24) is 10.2 Å². The number of nitriles is 1. The summed E-state index contributed by atoms with van der Waals surface area (Å²) >= 11 is 0. The molecule has 0 unspecified atom stereocenters. The van der Waals surface area contributed by atoms with Gasteiger partial charge in [0, 0.05) is 32.2 Å². The summed E-state index contributed by atoms with van der Waals surface area (Å²) in [5.74, 6) is 0.766. The maximum absolute atomic E-state index is 9.15. The van der Waals surface area contributed by atoms with Crippen LogP contribution in [0.1, 0.15) is 42.9 Å². The predicted octanol–water partition coefficient (Wildman–Crippen LogP) is 3.54. The molecule has 1 aliphatic carbocycles. The van der Waals surface area contributed by atoms with Gasteiger partial charge in [-0.3, -0.25) is 4.90 Å². The van der Waals surface area contributed by atoms with Crippen LogP contribution in [0, 0.1) is 17.2 Å². The molecule has 2 fully saturated rings. The summed E-state index contributed by atoms with van der Waals surface area (Å²) in [6, 6.07) is 11.1. The highest BCUT2D eigenvalue weighted by atomic mass is 35.5. The summed E-state index contributed by atoms with van der Waals surface area (Å²) < 4.78 is 0. The van der Waals surface area contributed by atoms with Crippen LogP contribution in [0.15, 0.2) is 24.3 Å². The number of nitrogens with one attached hydrogen (secondary N) is 1. The molecule has 1 aromatic carbocycles. The van der Waals surface area contributed by atoms with Crippen LogP contribution >= 0.6 is 24.8 Å². The average Bonchev–Trinajstić information content (AvgIpc) is 3.03. The van der Waals surface area contributed by atoms with Crippen molar-refractivity contribution in [3.8, 4) is 6.07 Å². The normalized spacial score (nSPS) is 20.5. The van der Waals surface area contributed by atoms with E-state index in [9.17, 15) is 0 Å². The van der Waals surface area contributed by atoms with Crippen molar-refractivity contribution in [2.24, 2.45) is 5.92 Å². The van der Waals surface area contributed by atoms with Crippen molar-refractivity contribution in [2.75, 3.05) is 26.2 Å². The van der Waals surface area contributed by atoms with Crippen molar-refractivity contribution >= 4 is 24.8 Å². The van der Waals surface area contributed by atoms with Gasteiger partial charge in [0.05, 0.1) is 11.6 Å². The van der Waals surface area contributed by atoms with Crippen LogP contribution in [-0.2, 0) is 0 Å². The van der Waals surface area contributed by atoms with E-state index in [1.165, 1.54) is 31.2 Å². The number of hydrogen-bond acceptors (Lipinski definition) is 3. The van der Waals surface area contributed by atoms with E-state index in [0.29, 0.717) is 6.04 Å². The molecule has 1 heterocycles. The van der Waals surface area contributed by atoms with Gasteiger partial charge in [0.2, 0.25) is 0 Å². The molecular weight excluding hydrogens is 317 g/mol. The molecule has 1 saturated carbocycles. The first-order valence-electron chi connectivity index (χ1n) is 7.83. The fourth-order valence-corrected chi connectivity index (χ4v) is 3.81. The first-order chi connectivity index (χ1) is 9.88. The Labute approximate surface area is 145 Å².